The molecule has 1 aliphatic rings. The van der Waals surface area contributed by atoms with Crippen LogP contribution in [-0.4, -0.2) is 24.3 Å². The van der Waals surface area contributed by atoms with Gasteiger partial charge in [0.2, 0.25) is 0 Å². The Morgan fingerprint density at radius 3 is 3.12 bits per heavy atom. The van der Waals surface area contributed by atoms with Gasteiger partial charge in [0, 0.05) is 0 Å². The first-order valence-electron chi connectivity index (χ1n) is 5.24. The van der Waals surface area contributed by atoms with Gasteiger partial charge in [0.25, 0.3) is 0 Å². The number of carboxylic acid groups (broad SMARTS) is 1. The minimum atomic E-state index is -0.818. The molecule has 0 saturated heterocycles. The topological polar surface area (TPSA) is 55.8 Å². The number of methoxy groups -OCH3 is 1. The second kappa shape index (κ2) is 4.43. The minimum Gasteiger partial charge on any atom is -0.497 e. The Morgan fingerprint density at radius 1 is 1.62 bits per heavy atom. The van der Waals surface area contributed by atoms with Gasteiger partial charge in [0.15, 0.2) is 0 Å². The average Bonchev–Trinajstić information content (AvgIpc) is 2.27. The second-order valence-electron chi connectivity index (χ2n) is 3.85. The van der Waals surface area contributed by atoms with Crippen LogP contribution in [0, 0.1) is 0 Å². The van der Waals surface area contributed by atoms with E-state index in [-0.39, 0.29) is 12.5 Å². The number of benzene rings is 1. The molecule has 0 fully saturated rings. The molecule has 0 spiro atoms. The highest BCUT2D eigenvalue weighted by Crippen LogP contribution is 2.31. The third kappa shape index (κ3) is 2.27. The predicted molar refractivity (Wildman–Crippen MR) is 58.0 cm³/mol. The molecule has 1 N–H and O–H groups in total. The van der Waals surface area contributed by atoms with E-state index >= 15 is 0 Å². The maximum atomic E-state index is 10.6. The lowest BCUT2D eigenvalue weighted by molar-refractivity contribution is -0.139. The van der Waals surface area contributed by atoms with E-state index in [2.05, 4.69) is 0 Å². The van der Waals surface area contributed by atoms with Crippen LogP contribution in [0.2, 0.25) is 0 Å². The molecule has 0 aromatic heterocycles. The smallest absolute Gasteiger partial charge is 0.307 e. The standard InChI is InChI=1S/C12H14O4/c1-15-9-4-5-11-8(6-9)2-3-10(16-11)7-12(13)14/h4-6,10H,2-3,7H2,1H3,(H,13,14)/t10-/m0/s1. The summed E-state index contributed by atoms with van der Waals surface area (Å²) in [4.78, 5) is 10.6. The van der Waals surface area contributed by atoms with E-state index in [9.17, 15) is 4.79 Å². The number of hydrogen-bond donors (Lipinski definition) is 1. The summed E-state index contributed by atoms with van der Waals surface area (Å²) < 4.78 is 10.7. The quantitative estimate of drug-likeness (QED) is 0.848. The second-order valence-corrected chi connectivity index (χ2v) is 3.85. The molecule has 0 bridgehead atoms. The van der Waals surface area contributed by atoms with Gasteiger partial charge in [-0.2, -0.15) is 0 Å². The monoisotopic (exact) mass is 222 g/mol. The average molecular weight is 222 g/mol. The van der Waals surface area contributed by atoms with Gasteiger partial charge < -0.3 is 14.6 Å². The van der Waals surface area contributed by atoms with Gasteiger partial charge in [-0.3, -0.25) is 4.79 Å². The SMILES string of the molecule is COc1ccc2c(c1)CC[C@@H](CC(=O)O)O2. The first kappa shape index (κ1) is 10.8. The summed E-state index contributed by atoms with van der Waals surface area (Å²) >= 11 is 0. The maximum absolute atomic E-state index is 10.6. The van der Waals surface area contributed by atoms with Crippen LogP contribution in [-0.2, 0) is 11.2 Å². The molecule has 1 atom stereocenters. The normalized spacial score (nSPS) is 18.4. The molecule has 1 aromatic rings. The molecule has 4 nitrogen and oxygen atoms in total. The van der Waals surface area contributed by atoms with Gasteiger partial charge in [0.1, 0.15) is 17.6 Å². The molecule has 1 aromatic carbocycles. The van der Waals surface area contributed by atoms with E-state index in [1.54, 1.807) is 7.11 Å². The third-order valence-corrected chi connectivity index (χ3v) is 2.70. The molecule has 1 aliphatic heterocycles. The number of carbonyl (C=O) groups is 1. The Labute approximate surface area is 93.8 Å². The van der Waals surface area contributed by atoms with Gasteiger partial charge >= 0.3 is 5.97 Å². The van der Waals surface area contributed by atoms with Crippen LogP contribution in [0.4, 0.5) is 0 Å². The van der Waals surface area contributed by atoms with Crippen LogP contribution >= 0.6 is 0 Å². The summed E-state index contributed by atoms with van der Waals surface area (Å²) in [6.07, 6.45) is 1.43. The molecule has 0 radical (unpaired) electrons. The highest BCUT2D eigenvalue weighted by Gasteiger charge is 2.22. The van der Waals surface area contributed by atoms with Crippen molar-refractivity contribution in [1.29, 1.82) is 0 Å². The summed E-state index contributed by atoms with van der Waals surface area (Å²) in [5.74, 6) is 0.763. The highest BCUT2D eigenvalue weighted by molar-refractivity contribution is 5.67. The first-order valence-corrected chi connectivity index (χ1v) is 5.24. The lowest BCUT2D eigenvalue weighted by Gasteiger charge is -2.25. The first-order chi connectivity index (χ1) is 7.69. The molecule has 0 saturated carbocycles. The Hall–Kier alpha value is -1.71. The molecule has 4 heteroatoms. The Balaban J connectivity index is 2.12. The van der Waals surface area contributed by atoms with E-state index in [0.717, 1.165) is 29.9 Å². The number of carboxylic acids is 1. The van der Waals surface area contributed by atoms with Crippen molar-refractivity contribution in [2.24, 2.45) is 0 Å². The number of ether oxygens (including phenoxy) is 2. The number of aliphatic carboxylic acids is 1. The highest BCUT2D eigenvalue weighted by atomic mass is 16.5. The van der Waals surface area contributed by atoms with Crippen molar-refractivity contribution in [3.63, 3.8) is 0 Å². The molecule has 0 aliphatic carbocycles. The molecule has 2 rings (SSSR count). The van der Waals surface area contributed by atoms with Gasteiger partial charge in [0.05, 0.1) is 13.5 Å². The van der Waals surface area contributed by atoms with Crippen LogP contribution in [0.15, 0.2) is 18.2 Å². The predicted octanol–water partition coefficient (Wildman–Crippen LogP) is 1.86. The van der Waals surface area contributed by atoms with Crippen LogP contribution in [0.3, 0.4) is 0 Å². The van der Waals surface area contributed by atoms with Gasteiger partial charge in [-0.15, -0.1) is 0 Å². The fourth-order valence-corrected chi connectivity index (χ4v) is 1.89. The summed E-state index contributed by atoms with van der Waals surface area (Å²) in [5, 5.41) is 8.70. The van der Waals surface area contributed by atoms with Crippen LogP contribution < -0.4 is 9.47 Å². The van der Waals surface area contributed by atoms with Crippen molar-refractivity contribution in [1.82, 2.24) is 0 Å². The Bertz CT molecular complexity index is 400. The van der Waals surface area contributed by atoms with E-state index in [1.165, 1.54) is 0 Å². The minimum absolute atomic E-state index is 0.0610. The van der Waals surface area contributed by atoms with Crippen LogP contribution in [0.1, 0.15) is 18.4 Å². The van der Waals surface area contributed by atoms with E-state index in [4.69, 9.17) is 14.6 Å². The molecule has 0 unspecified atom stereocenters. The molecule has 1 heterocycles. The van der Waals surface area contributed by atoms with Crippen LogP contribution in [0.25, 0.3) is 0 Å². The number of rotatable bonds is 3. The third-order valence-electron chi connectivity index (χ3n) is 2.70. The van der Waals surface area contributed by atoms with Crippen LogP contribution in [0.5, 0.6) is 11.5 Å². The summed E-state index contributed by atoms with van der Waals surface area (Å²) in [7, 11) is 1.62. The maximum Gasteiger partial charge on any atom is 0.307 e. The Morgan fingerprint density at radius 2 is 2.44 bits per heavy atom. The molecule has 16 heavy (non-hydrogen) atoms. The zero-order valence-corrected chi connectivity index (χ0v) is 9.10. The van der Waals surface area contributed by atoms with Gasteiger partial charge in [-0.25, -0.2) is 0 Å². The van der Waals surface area contributed by atoms with Crippen molar-refractivity contribution in [2.75, 3.05) is 7.11 Å². The lowest BCUT2D eigenvalue weighted by Crippen LogP contribution is -2.25. The largest absolute Gasteiger partial charge is 0.497 e. The van der Waals surface area contributed by atoms with Crippen molar-refractivity contribution < 1.29 is 19.4 Å². The number of hydrogen-bond acceptors (Lipinski definition) is 3. The van der Waals surface area contributed by atoms with Gasteiger partial charge in [-0.05, 0) is 36.6 Å². The zero-order valence-electron chi connectivity index (χ0n) is 9.10. The lowest BCUT2D eigenvalue weighted by atomic mass is 10.0. The number of aryl methyl sites for hydroxylation is 1. The summed E-state index contributed by atoms with van der Waals surface area (Å²) in [6.45, 7) is 0. The van der Waals surface area contributed by atoms with Crippen molar-refractivity contribution in [3.05, 3.63) is 23.8 Å². The van der Waals surface area contributed by atoms with Crippen molar-refractivity contribution in [3.8, 4) is 11.5 Å². The molecule has 86 valence electrons. The fourth-order valence-electron chi connectivity index (χ4n) is 1.89. The van der Waals surface area contributed by atoms with Crippen molar-refractivity contribution in [2.45, 2.75) is 25.4 Å². The zero-order chi connectivity index (χ0) is 11.5. The number of fused-ring (bicyclic) bond motifs is 1. The Kier molecular flexibility index (Phi) is 2.99. The fraction of sp³-hybridized carbons (Fsp3) is 0.417. The van der Waals surface area contributed by atoms with E-state index in [0.29, 0.717) is 0 Å². The summed E-state index contributed by atoms with van der Waals surface area (Å²) in [6, 6.07) is 5.59. The molecular formula is C12H14O4. The van der Waals surface area contributed by atoms with E-state index in [1.807, 2.05) is 18.2 Å². The van der Waals surface area contributed by atoms with Gasteiger partial charge in [-0.1, -0.05) is 0 Å². The van der Waals surface area contributed by atoms with Crippen molar-refractivity contribution >= 4 is 5.97 Å². The summed E-state index contributed by atoms with van der Waals surface area (Å²) in [5.41, 5.74) is 1.08. The molecule has 0 amide bonds. The van der Waals surface area contributed by atoms with E-state index < -0.39 is 5.97 Å². The molecular weight excluding hydrogens is 208 g/mol.